The first kappa shape index (κ1) is 19.7. The van der Waals surface area contributed by atoms with Gasteiger partial charge in [0.2, 0.25) is 5.91 Å². The number of methoxy groups -OCH3 is 1. The minimum absolute atomic E-state index is 0.0287. The van der Waals surface area contributed by atoms with Crippen LogP contribution in [0.3, 0.4) is 0 Å². The quantitative estimate of drug-likeness (QED) is 0.860. The molecule has 0 aliphatic carbocycles. The first-order chi connectivity index (χ1) is 13.4. The topological polar surface area (TPSA) is 61.9 Å². The summed E-state index contributed by atoms with van der Waals surface area (Å²) in [6.07, 6.45) is 0.304. The van der Waals surface area contributed by atoms with E-state index in [0.29, 0.717) is 19.5 Å². The molecule has 0 bridgehead atoms. The maximum absolute atomic E-state index is 12.8. The lowest BCUT2D eigenvalue weighted by Crippen LogP contribution is -2.46. The number of ether oxygens (including phenoxy) is 1. The van der Waals surface area contributed by atoms with Crippen LogP contribution in [0.15, 0.2) is 42.5 Å². The number of anilines is 2. The van der Waals surface area contributed by atoms with Crippen LogP contribution in [-0.4, -0.2) is 38.2 Å². The maximum Gasteiger partial charge on any atom is 0.322 e. The summed E-state index contributed by atoms with van der Waals surface area (Å²) in [5.74, 6) is 0.770. The summed E-state index contributed by atoms with van der Waals surface area (Å²) < 4.78 is 5.17. The molecule has 1 saturated heterocycles. The molecule has 3 rings (SSSR count). The Hall–Kier alpha value is -3.02. The lowest BCUT2D eigenvalue weighted by Gasteiger charge is -2.24. The summed E-state index contributed by atoms with van der Waals surface area (Å²) in [6.45, 7) is 7.01. The smallest absolute Gasteiger partial charge is 0.322 e. The standard InChI is InChI=1S/C22H27N3O3/c1-5-24(18-8-10-20(28-4)11-9-18)22(27)23-17-13-21(26)25(14-17)19-7-6-15(2)16(3)12-19/h6-12,17H,5,13-14H2,1-4H3,(H,23,27). The van der Waals surface area contributed by atoms with Crippen molar-refractivity contribution in [1.29, 1.82) is 0 Å². The highest BCUT2D eigenvalue weighted by Crippen LogP contribution is 2.25. The van der Waals surface area contributed by atoms with Crippen molar-refractivity contribution < 1.29 is 14.3 Å². The van der Waals surface area contributed by atoms with Crippen molar-refractivity contribution in [3.05, 3.63) is 53.6 Å². The lowest BCUT2D eigenvalue weighted by atomic mass is 10.1. The largest absolute Gasteiger partial charge is 0.497 e. The molecular formula is C22H27N3O3. The molecule has 28 heavy (non-hydrogen) atoms. The van der Waals surface area contributed by atoms with Gasteiger partial charge in [0.1, 0.15) is 5.75 Å². The van der Waals surface area contributed by atoms with E-state index >= 15 is 0 Å². The number of carbonyl (C=O) groups is 2. The van der Waals surface area contributed by atoms with Gasteiger partial charge in [0.15, 0.2) is 0 Å². The van der Waals surface area contributed by atoms with Crippen LogP contribution in [0.5, 0.6) is 5.75 Å². The first-order valence-corrected chi connectivity index (χ1v) is 9.52. The third kappa shape index (κ3) is 4.11. The molecule has 0 radical (unpaired) electrons. The van der Waals surface area contributed by atoms with Gasteiger partial charge in [0.25, 0.3) is 0 Å². The maximum atomic E-state index is 12.8. The Morgan fingerprint density at radius 1 is 1.18 bits per heavy atom. The van der Waals surface area contributed by atoms with Crippen LogP contribution >= 0.6 is 0 Å². The van der Waals surface area contributed by atoms with Gasteiger partial charge in [0.05, 0.1) is 13.2 Å². The van der Waals surface area contributed by atoms with Crippen LogP contribution < -0.4 is 19.9 Å². The van der Waals surface area contributed by atoms with Crippen molar-refractivity contribution in [2.45, 2.75) is 33.2 Å². The zero-order valence-corrected chi connectivity index (χ0v) is 16.9. The molecule has 148 valence electrons. The van der Waals surface area contributed by atoms with Gasteiger partial charge in [-0.25, -0.2) is 4.79 Å². The van der Waals surface area contributed by atoms with E-state index in [2.05, 4.69) is 5.32 Å². The number of nitrogens with one attached hydrogen (secondary N) is 1. The Bertz CT molecular complexity index is 864. The van der Waals surface area contributed by atoms with E-state index in [1.807, 2.05) is 63.2 Å². The van der Waals surface area contributed by atoms with Crippen molar-refractivity contribution in [2.24, 2.45) is 0 Å². The molecular weight excluding hydrogens is 354 g/mol. The first-order valence-electron chi connectivity index (χ1n) is 9.52. The molecule has 1 unspecified atom stereocenters. The summed E-state index contributed by atoms with van der Waals surface area (Å²) in [4.78, 5) is 28.7. The summed E-state index contributed by atoms with van der Waals surface area (Å²) in [6, 6.07) is 12.9. The predicted molar refractivity (Wildman–Crippen MR) is 111 cm³/mol. The van der Waals surface area contributed by atoms with Crippen LogP contribution in [0.2, 0.25) is 0 Å². The molecule has 1 atom stereocenters. The highest BCUT2D eigenvalue weighted by atomic mass is 16.5. The van der Waals surface area contributed by atoms with Crippen LogP contribution in [0.1, 0.15) is 24.5 Å². The number of hydrogen-bond donors (Lipinski definition) is 1. The van der Waals surface area contributed by atoms with Gasteiger partial charge in [-0.1, -0.05) is 6.07 Å². The highest BCUT2D eigenvalue weighted by Gasteiger charge is 2.32. The monoisotopic (exact) mass is 381 g/mol. The van der Waals surface area contributed by atoms with Gasteiger partial charge in [-0.3, -0.25) is 9.69 Å². The van der Waals surface area contributed by atoms with E-state index in [9.17, 15) is 9.59 Å². The number of hydrogen-bond acceptors (Lipinski definition) is 3. The summed E-state index contributed by atoms with van der Waals surface area (Å²) in [5.41, 5.74) is 4.01. The Labute approximate surface area is 166 Å². The molecule has 3 amide bonds. The predicted octanol–water partition coefficient (Wildman–Crippen LogP) is 3.65. The summed E-state index contributed by atoms with van der Waals surface area (Å²) in [5, 5.41) is 3.01. The fraction of sp³-hybridized carbons (Fsp3) is 0.364. The SMILES string of the molecule is CCN(C(=O)NC1CC(=O)N(c2ccc(C)c(C)c2)C1)c1ccc(OC)cc1. The number of urea groups is 1. The zero-order chi connectivity index (χ0) is 20.3. The number of nitrogens with zero attached hydrogens (tertiary/aromatic N) is 2. The lowest BCUT2D eigenvalue weighted by molar-refractivity contribution is -0.117. The Kier molecular flexibility index (Phi) is 5.87. The van der Waals surface area contributed by atoms with E-state index < -0.39 is 0 Å². The second-order valence-electron chi connectivity index (χ2n) is 7.07. The average Bonchev–Trinajstić information content (AvgIpc) is 3.05. The highest BCUT2D eigenvalue weighted by molar-refractivity contribution is 5.98. The van der Waals surface area contributed by atoms with Crippen LogP contribution in [0.25, 0.3) is 0 Å². The molecule has 0 spiro atoms. The second-order valence-corrected chi connectivity index (χ2v) is 7.07. The molecule has 1 fully saturated rings. The molecule has 2 aromatic carbocycles. The minimum Gasteiger partial charge on any atom is -0.497 e. The summed E-state index contributed by atoms with van der Waals surface area (Å²) >= 11 is 0. The van der Waals surface area contributed by atoms with Gasteiger partial charge in [-0.05, 0) is 68.3 Å². The molecule has 1 aliphatic rings. The minimum atomic E-state index is -0.214. The molecule has 1 heterocycles. The van der Waals surface area contributed by atoms with Crippen molar-refractivity contribution >= 4 is 23.3 Å². The number of benzene rings is 2. The number of amides is 3. The summed E-state index contributed by atoms with van der Waals surface area (Å²) in [7, 11) is 1.61. The Morgan fingerprint density at radius 2 is 1.89 bits per heavy atom. The van der Waals surface area contributed by atoms with Crippen LogP contribution in [0.4, 0.5) is 16.2 Å². The molecule has 6 nitrogen and oxygen atoms in total. The fourth-order valence-corrected chi connectivity index (χ4v) is 3.41. The van der Waals surface area contributed by atoms with E-state index in [1.54, 1.807) is 16.9 Å². The van der Waals surface area contributed by atoms with Gasteiger partial charge >= 0.3 is 6.03 Å². The Morgan fingerprint density at radius 3 is 2.50 bits per heavy atom. The molecule has 0 saturated carbocycles. The molecule has 2 aromatic rings. The van der Waals surface area contributed by atoms with Crippen molar-refractivity contribution in [3.8, 4) is 5.75 Å². The Balaban J connectivity index is 1.67. The third-order valence-electron chi connectivity index (χ3n) is 5.20. The third-order valence-corrected chi connectivity index (χ3v) is 5.20. The van der Waals surface area contributed by atoms with Crippen LogP contribution in [-0.2, 0) is 4.79 Å². The molecule has 1 aliphatic heterocycles. The van der Waals surface area contributed by atoms with Gasteiger partial charge < -0.3 is 15.0 Å². The zero-order valence-electron chi connectivity index (χ0n) is 16.9. The number of rotatable bonds is 5. The number of carbonyl (C=O) groups excluding carboxylic acids is 2. The molecule has 0 aromatic heterocycles. The van der Waals surface area contributed by atoms with Crippen molar-refractivity contribution in [3.63, 3.8) is 0 Å². The van der Waals surface area contributed by atoms with Gasteiger partial charge in [-0.15, -0.1) is 0 Å². The van der Waals surface area contributed by atoms with Gasteiger partial charge in [-0.2, -0.15) is 0 Å². The molecule has 6 heteroatoms. The van der Waals surface area contributed by atoms with E-state index in [4.69, 9.17) is 4.74 Å². The fourth-order valence-electron chi connectivity index (χ4n) is 3.41. The van der Waals surface area contributed by atoms with E-state index in [-0.39, 0.29) is 18.0 Å². The van der Waals surface area contributed by atoms with Crippen molar-refractivity contribution in [2.75, 3.05) is 30.0 Å². The van der Waals surface area contributed by atoms with Crippen LogP contribution in [0, 0.1) is 13.8 Å². The van der Waals surface area contributed by atoms with Crippen molar-refractivity contribution in [1.82, 2.24) is 5.32 Å². The van der Waals surface area contributed by atoms with E-state index in [0.717, 1.165) is 22.7 Å². The number of aryl methyl sites for hydroxylation is 2. The average molecular weight is 381 g/mol. The second kappa shape index (κ2) is 8.33. The molecule has 1 N–H and O–H groups in total. The van der Waals surface area contributed by atoms with E-state index in [1.165, 1.54) is 5.56 Å². The normalized spacial score (nSPS) is 16.2. The van der Waals surface area contributed by atoms with Gasteiger partial charge in [0, 0.05) is 30.9 Å².